The second-order valence-electron chi connectivity index (χ2n) is 3.77. The molecule has 0 amide bonds. The maximum absolute atomic E-state index is 11.2. The van der Waals surface area contributed by atoms with E-state index in [0.29, 0.717) is 6.54 Å². The Morgan fingerprint density at radius 3 is 2.31 bits per heavy atom. The number of anilines is 1. The van der Waals surface area contributed by atoms with Crippen molar-refractivity contribution in [1.82, 2.24) is 0 Å². The highest BCUT2D eigenvalue weighted by atomic mass is 32.2. The van der Waals surface area contributed by atoms with Crippen molar-refractivity contribution in [3.05, 3.63) is 24.3 Å². The summed E-state index contributed by atoms with van der Waals surface area (Å²) < 4.78 is 22.4. The van der Waals surface area contributed by atoms with E-state index < -0.39 is 21.8 Å². The molecule has 0 aliphatic carbocycles. The standard InChI is InChI=1S/C10H11NO4S/c1-16(14,15)8-4-2-7(3-5-8)11-6-9(11)10(12)13/h2-5,9H,6H2,1H3,(H,12,13). The summed E-state index contributed by atoms with van der Waals surface area (Å²) in [6, 6.07) is 5.76. The van der Waals surface area contributed by atoms with Crippen molar-refractivity contribution >= 4 is 21.5 Å². The lowest BCUT2D eigenvalue weighted by Gasteiger charge is -2.04. The Balaban J connectivity index is 2.19. The minimum atomic E-state index is -3.19. The Bertz CT molecular complexity index is 520. The summed E-state index contributed by atoms with van der Waals surface area (Å²) in [5, 5.41) is 8.73. The van der Waals surface area contributed by atoms with Crippen molar-refractivity contribution < 1.29 is 18.3 Å². The van der Waals surface area contributed by atoms with Gasteiger partial charge in [-0.1, -0.05) is 0 Å². The van der Waals surface area contributed by atoms with Gasteiger partial charge < -0.3 is 10.0 Å². The zero-order valence-electron chi connectivity index (χ0n) is 8.62. The Morgan fingerprint density at radius 1 is 1.38 bits per heavy atom. The summed E-state index contributed by atoms with van der Waals surface area (Å²) in [7, 11) is -3.19. The molecule has 0 spiro atoms. The van der Waals surface area contributed by atoms with Gasteiger partial charge >= 0.3 is 5.97 Å². The van der Waals surface area contributed by atoms with Crippen LogP contribution in [-0.2, 0) is 14.6 Å². The van der Waals surface area contributed by atoms with Crippen molar-refractivity contribution in [1.29, 1.82) is 0 Å². The van der Waals surface area contributed by atoms with Crippen LogP contribution in [0.5, 0.6) is 0 Å². The first kappa shape index (κ1) is 10.9. The van der Waals surface area contributed by atoms with Gasteiger partial charge in [-0.3, -0.25) is 0 Å². The first-order valence-electron chi connectivity index (χ1n) is 4.69. The number of hydrogen-bond donors (Lipinski definition) is 1. The molecule has 1 heterocycles. The lowest BCUT2D eigenvalue weighted by molar-refractivity contribution is -0.136. The maximum atomic E-state index is 11.2. The lowest BCUT2D eigenvalue weighted by atomic mass is 10.3. The van der Waals surface area contributed by atoms with Gasteiger partial charge in [0.1, 0.15) is 6.04 Å². The van der Waals surface area contributed by atoms with Crippen molar-refractivity contribution in [2.24, 2.45) is 0 Å². The molecule has 86 valence electrons. The molecule has 1 fully saturated rings. The Kier molecular flexibility index (Phi) is 2.38. The summed E-state index contributed by atoms with van der Waals surface area (Å²) >= 11 is 0. The smallest absolute Gasteiger partial charge is 0.328 e. The third kappa shape index (κ3) is 2.01. The van der Waals surface area contributed by atoms with Crippen LogP contribution in [-0.4, -0.2) is 38.3 Å². The molecular formula is C10H11NO4S. The number of nitrogens with zero attached hydrogens (tertiary/aromatic N) is 1. The quantitative estimate of drug-likeness (QED) is 0.773. The molecule has 1 unspecified atom stereocenters. The van der Waals surface area contributed by atoms with Crippen LogP contribution in [0.25, 0.3) is 0 Å². The van der Waals surface area contributed by atoms with E-state index in [0.717, 1.165) is 11.9 Å². The molecule has 0 bridgehead atoms. The molecule has 1 N–H and O–H groups in total. The number of benzene rings is 1. The molecule has 1 aliphatic heterocycles. The number of aliphatic carboxylic acids is 1. The van der Waals surface area contributed by atoms with E-state index in [1.165, 1.54) is 12.1 Å². The van der Waals surface area contributed by atoms with Crippen molar-refractivity contribution in [2.75, 3.05) is 17.7 Å². The third-order valence-electron chi connectivity index (χ3n) is 2.49. The fourth-order valence-corrected chi connectivity index (χ4v) is 2.15. The van der Waals surface area contributed by atoms with Crippen LogP contribution in [0.1, 0.15) is 0 Å². The highest BCUT2D eigenvalue weighted by Gasteiger charge is 2.40. The molecule has 0 aromatic heterocycles. The number of hydrogen-bond acceptors (Lipinski definition) is 4. The maximum Gasteiger partial charge on any atom is 0.328 e. The average molecular weight is 241 g/mol. The summed E-state index contributed by atoms with van der Waals surface area (Å²) in [5.74, 6) is -0.854. The van der Waals surface area contributed by atoms with E-state index in [1.54, 1.807) is 17.0 Å². The zero-order chi connectivity index (χ0) is 11.9. The summed E-state index contributed by atoms with van der Waals surface area (Å²) in [5.41, 5.74) is 0.736. The Labute approximate surface area is 93.2 Å². The molecule has 16 heavy (non-hydrogen) atoms. The van der Waals surface area contributed by atoms with Gasteiger partial charge in [-0.25, -0.2) is 13.2 Å². The van der Waals surface area contributed by atoms with Crippen LogP contribution in [0.2, 0.25) is 0 Å². The van der Waals surface area contributed by atoms with Crippen molar-refractivity contribution in [3.63, 3.8) is 0 Å². The number of sulfone groups is 1. The first-order valence-corrected chi connectivity index (χ1v) is 6.58. The molecule has 1 aromatic carbocycles. The highest BCUT2D eigenvalue weighted by Crippen LogP contribution is 2.28. The van der Waals surface area contributed by atoms with E-state index in [9.17, 15) is 13.2 Å². The van der Waals surface area contributed by atoms with Gasteiger partial charge in [0, 0.05) is 11.9 Å². The first-order chi connectivity index (χ1) is 7.39. The van der Waals surface area contributed by atoms with E-state index in [-0.39, 0.29) is 4.90 Å². The molecule has 5 nitrogen and oxygen atoms in total. The van der Waals surface area contributed by atoms with Gasteiger partial charge in [0.2, 0.25) is 0 Å². The second-order valence-corrected chi connectivity index (χ2v) is 5.79. The predicted molar refractivity (Wildman–Crippen MR) is 58.3 cm³/mol. The molecule has 6 heteroatoms. The predicted octanol–water partition coefficient (Wildman–Crippen LogP) is 0.363. The van der Waals surface area contributed by atoms with Crippen molar-refractivity contribution in [2.45, 2.75) is 10.9 Å². The second kappa shape index (κ2) is 3.48. The highest BCUT2D eigenvalue weighted by molar-refractivity contribution is 7.90. The molecule has 1 aliphatic rings. The van der Waals surface area contributed by atoms with Gasteiger partial charge in [0.05, 0.1) is 11.4 Å². The largest absolute Gasteiger partial charge is 0.480 e. The molecule has 1 aromatic rings. The summed E-state index contributed by atoms with van der Waals surface area (Å²) in [4.78, 5) is 12.6. The van der Waals surface area contributed by atoms with Crippen LogP contribution < -0.4 is 4.90 Å². The molecule has 0 radical (unpaired) electrons. The van der Waals surface area contributed by atoms with Crippen LogP contribution in [0.3, 0.4) is 0 Å². The minimum absolute atomic E-state index is 0.241. The molecule has 1 saturated heterocycles. The van der Waals surface area contributed by atoms with Crippen LogP contribution in [0, 0.1) is 0 Å². The third-order valence-corrected chi connectivity index (χ3v) is 3.62. The molecule has 0 saturated carbocycles. The number of rotatable bonds is 3. The summed E-state index contributed by atoms with van der Waals surface area (Å²) in [6.45, 7) is 0.480. The topological polar surface area (TPSA) is 74.5 Å². The fraction of sp³-hybridized carbons (Fsp3) is 0.300. The molecule has 2 rings (SSSR count). The van der Waals surface area contributed by atoms with Gasteiger partial charge in [0.15, 0.2) is 9.84 Å². The number of carboxylic acids is 1. The van der Waals surface area contributed by atoms with Crippen LogP contribution >= 0.6 is 0 Å². The van der Waals surface area contributed by atoms with Gasteiger partial charge in [-0.05, 0) is 24.3 Å². The van der Waals surface area contributed by atoms with E-state index in [1.807, 2.05) is 0 Å². The van der Waals surface area contributed by atoms with Gasteiger partial charge in [-0.15, -0.1) is 0 Å². The minimum Gasteiger partial charge on any atom is -0.480 e. The van der Waals surface area contributed by atoms with E-state index in [2.05, 4.69) is 0 Å². The summed E-state index contributed by atoms with van der Waals surface area (Å²) in [6.07, 6.45) is 1.14. The fourth-order valence-electron chi connectivity index (χ4n) is 1.52. The Hall–Kier alpha value is -1.56. The lowest BCUT2D eigenvalue weighted by Crippen LogP contribution is -2.10. The van der Waals surface area contributed by atoms with E-state index >= 15 is 0 Å². The van der Waals surface area contributed by atoms with Gasteiger partial charge in [0.25, 0.3) is 0 Å². The van der Waals surface area contributed by atoms with E-state index in [4.69, 9.17) is 5.11 Å². The monoisotopic (exact) mass is 241 g/mol. The van der Waals surface area contributed by atoms with Crippen LogP contribution in [0.15, 0.2) is 29.2 Å². The van der Waals surface area contributed by atoms with Crippen LogP contribution in [0.4, 0.5) is 5.69 Å². The van der Waals surface area contributed by atoms with Crippen molar-refractivity contribution in [3.8, 4) is 0 Å². The number of carbonyl (C=O) groups is 1. The Morgan fingerprint density at radius 2 is 1.94 bits per heavy atom. The zero-order valence-corrected chi connectivity index (χ0v) is 9.44. The number of carboxylic acid groups (broad SMARTS) is 1. The molecular weight excluding hydrogens is 230 g/mol. The van der Waals surface area contributed by atoms with Gasteiger partial charge in [-0.2, -0.15) is 0 Å². The average Bonchev–Trinajstić information content (AvgIpc) is 2.96. The normalized spacial score (nSPS) is 19.6. The SMILES string of the molecule is CS(=O)(=O)c1ccc(N2CC2C(=O)O)cc1. The molecule has 1 atom stereocenters.